The second-order valence-corrected chi connectivity index (χ2v) is 7.71. The number of hydrogen-bond acceptors (Lipinski definition) is 4. The van der Waals surface area contributed by atoms with Crippen LogP contribution in [0.1, 0.15) is 27.1 Å². The lowest BCUT2D eigenvalue weighted by molar-refractivity contribution is -0.123. The Morgan fingerprint density at radius 2 is 1.55 bits per heavy atom. The van der Waals surface area contributed by atoms with E-state index in [1.807, 2.05) is 53.5 Å². The minimum Gasteiger partial charge on any atom is -0.340 e. The lowest BCUT2D eigenvalue weighted by atomic mass is 10.1. The lowest BCUT2D eigenvalue weighted by Gasteiger charge is -2.19. The Morgan fingerprint density at radius 3 is 2.26 bits per heavy atom. The lowest BCUT2D eigenvalue weighted by Crippen LogP contribution is -2.52. The maximum absolute atomic E-state index is 12.7. The van der Waals surface area contributed by atoms with Gasteiger partial charge in [0.15, 0.2) is 0 Å². The monoisotopic (exact) mass is 436 g/mol. The third-order valence-corrected chi connectivity index (χ3v) is 5.24. The Balaban J connectivity index is 1.65. The highest BCUT2D eigenvalue weighted by Gasteiger charge is 2.22. The number of thioether (sulfide) groups is 1. The number of aromatic nitrogens is 1. The van der Waals surface area contributed by atoms with Crippen LogP contribution >= 0.6 is 11.8 Å². The smallest absolute Gasteiger partial charge is 0.271 e. The molecule has 0 spiro atoms. The van der Waals surface area contributed by atoms with E-state index < -0.39 is 17.9 Å². The zero-order chi connectivity index (χ0) is 22.1. The minimum absolute atomic E-state index is 0.342. The maximum Gasteiger partial charge on any atom is 0.271 e. The molecule has 0 bridgehead atoms. The van der Waals surface area contributed by atoms with Crippen LogP contribution in [-0.4, -0.2) is 40.3 Å². The van der Waals surface area contributed by atoms with E-state index in [9.17, 15) is 14.4 Å². The fourth-order valence-corrected chi connectivity index (χ4v) is 3.47. The van der Waals surface area contributed by atoms with Crippen LogP contribution < -0.4 is 16.2 Å². The van der Waals surface area contributed by atoms with Crippen LogP contribution in [0.5, 0.6) is 0 Å². The molecule has 31 heavy (non-hydrogen) atoms. The van der Waals surface area contributed by atoms with Crippen molar-refractivity contribution in [2.24, 2.45) is 0 Å². The molecule has 3 amide bonds. The van der Waals surface area contributed by atoms with E-state index in [0.717, 1.165) is 0 Å². The Labute approximate surface area is 185 Å². The quantitative estimate of drug-likeness (QED) is 0.474. The number of hydrogen-bond donors (Lipinski definition) is 3. The summed E-state index contributed by atoms with van der Waals surface area (Å²) >= 11 is 1.57. The van der Waals surface area contributed by atoms with Crippen molar-refractivity contribution in [3.63, 3.8) is 0 Å². The highest BCUT2D eigenvalue weighted by atomic mass is 32.2. The predicted molar refractivity (Wildman–Crippen MR) is 122 cm³/mol. The summed E-state index contributed by atoms with van der Waals surface area (Å²) in [5, 5.41) is 2.75. The van der Waals surface area contributed by atoms with Gasteiger partial charge in [-0.25, -0.2) is 0 Å². The second-order valence-electron chi connectivity index (χ2n) is 6.72. The summed E-state index contributed by atoms with van der Waals surface area (Å²) in [6, 6.07) is 18.7. The standard InChI is InChI=1S/C23H24N4O3S/c1-31-16-13-19(24-21(28)17-9-3-2-4-10-17)23(30)26-25-22(29)18-11-5-6-12-20(18)27-14-7-8-15-27/h2-12,14-15,19H,13,16H2,1H3,(H,24,28)(H,25,29)(H,26,30). The Hall–Kier alpha value is -3.52. The van der Waals surface area contributed by atoms with Crippen LogP contribution in [0.2, 0.25) is 0 Å². The van der Waals surface area contributed by atoms with Gasteiger partial charge >= 0.3 is 0 Å². The fraction of sp³-hybridized carbons (Fsp3) is 0.174. The van der Waals surface area contributed by atoms with Crippen molar-refractivity contribution in [1.82, 2.24) is 20.7 Å². The van der Waals surface area contributed by atoms with Crippen molar-refractivity contribution < 1.29 is 14.4 Å². The summed E-state index contributed by atoms with van der Waals surface area (Å²) < 4.78 is 1.82. The number of nitrogens with zero attached hydrogens (tertiary/aromatic N) is 1. The van der Waals surface area contributed by atoms with Crippen LogP contribution in [0.3, 0.4) is 0 Å². The second kappa shape index (κ2) is 11.0. The summed E-state index contributed by atoms with van der Waals surface area (Å²) in [6.07, 6.45) is 6.03. The van der Waals surface area contributed by atoms with E-state index in [-0.39, 0.29) is 5.91 Å². The van der Waals surface area contributed by atoms with Gasteiger partial charge in [-0.05, 0) is 54.8 Å². The molecule has 3 N–H and O–H groups in total. The molecule has 0 aliphatic heterocycles. The SMILES string of the molecule is CSCCC(NC(=O)c1ccccc1)C(=O)NNC(=O)c1ccccc1-n1cccc1. The predicted octanol–water partition coefficient (Wildman–Crippen LogP) is 2.79. The molecule has 3 rings (SSSR count). The molecule has 3 aromatic rings. The summed E-state index contributed by atoms with van der Waals surface area (Å²) in [7, 11) is 0. The number of hydrazine groups is 1. The van der Waals surface area contributed by atoms with Gasteiger partial charge in [-0.1, -0.05) is 30.3 Å². The van der Waals surface area contributed by atoms with Crippen LogP contribution in [0.4, 0.5) is 0 Å². The number of benzene rings is 2. The maximum atomic E-state index is 12.7. The van der Waals surface area contributed by atoms with Crippen molar-refractivity contribution in [3.05, 3.63) is 90.3 Å². The molecule has 8 heteroatoms. The third-order valence-electron chi connectivity index (χ3n) is 4.60. The van der Waals surface area contributed by atoms with Gasteiger partial charge in [-0.2, -0.15) is 11.8 Å². The Morgan fingerprint density at radius 1 is 0.871 bits per heavy atom. The summed E-state index contributed by atoms with van der Waals surface area (Å²) in [5.41, 5.74) is 6.48. The molecule has 0 aliphatic carbocycles. The molecule has 0 saturated carbocycles. The van der Waals surface area contributed by atoms with Gasteiger partial charge in [0.05, 0.1) is 11.3 Å². The molecule has 1 unspecified atom stereocenters. The summed E-state index contributed by atoms with van der Waals surface area (Å²) in [5.74, 6) is -0.593. The molecular formula is C23H24N4O3S. The van der Waals surface area contributed by atoms with E-state index in [1.165, 1.54) is 0 Å². The zero-order valence-corrected chi connectivity index (χ0v) is 17.9. The van der Waals surface area contributed by atoms with Crippen molar-refractivity contribution in [3.8, 4) is 5.69 Å². The van der Waals surface area contributed by atoms with Gasteiger partial charge < -0.3 is 9.88 Å². The molecular weight excluding hydrogens is 412 g/mol. The number of rotatable bonds is 8. The van der Waals surface area contributed by atoms with E-state index in [2.05, 4.69) is 16.2 Å². The molecule has 0 aliphatic rings. The number of amides is 3. The molecule has 1 heterocycles. The van der Waals surface area contributed by atoms with Gasteiger partial charge in [0.1, 0.15) is 6.04 Å². The third kappa shape index (κ3) is 5.99. The topological polar surface area (TPSA) is 92.2 Å². The first-order valence-electron chi connectivity index (χ1n) is 9.77. The molecule has 0 saturated heterocycles. The van der Waals surface area contributed by atoms with Crippen molar-refractivity contribution >= 4 is 29.5 Å². The van der Waals surface area contributed by atoms with E-state index in [0.29, 0.717) is 29.0 Å². The molecule has 7 nitrogen and oxygen atoms in total. The highest BCUT2D eigenvalue weighted by Crippen LogP contribution is 2.14. The highest BCUT2D eigenvalue weighted by molar-refractivity contribution is 7.98. The molecule has 0 radical (unpaired) electrons. The van der Waals surface area contributed by atoms with Crippen LogP contribution in [0.25, 0.3) is 5.69 Å². The first-order chi connectivity index (χ1) is 15.1. The van der Waals surface area contributed by atoms with Gasteiger partial charge in [-0.3, -0.25) is 25.2 Å². The Bertz CT molecular complexity index is 1020. The fourth-order valence-electron chi connectivity index (χ4n) is 2.99. The summed E-state index contributed by atoms with van der Waals surface area (Å²) in [6.45, 7) is 0. The first kappa shape index (κ1) is 22.2. The van der Waals surface area contributed by atoms with Crippen molar-refractivity contribution in [2.75, 3.05) is 12.0 Å². The average Bonchev–Trinajstić information content (AvgIpc) is 3.35. The van der Waals surface area contributed by atoms with Crippen molar-refractivity contribution in [2.45, 2.75) is 12.5 Å². The van der Waals surface area contributed by atoms with E-state index in [1.54, 1.807) is 48.2 Å². The van der Waals surface area contributed by atoms with Crippen LogP contribution in [0, 0.1) is 0 Å². The normalized spacial score (nSPS) is 11.4. The number of carbonyl (C=O) groups is 3. The average molecular weight is 437 g/mol. The van der Waals surface area contributed by atoms with Gasteiger partial charge in [-0.15, -0.1) is 0 Å². The molecule has 160 valence electrons. The number of carbonyl (C=O) groups excluding carboxylic acids is 3. The van der Waals surface area contributed by atoms with Gasteiger partial charge in [0.2, 0.25) is 0 Å². The zero-order valence-electron chi connectivity index (χ0n) is 17.1. The number of nitrogens with one attached hydrogen (secondary N) is 3. The molecule has 1 atom stereocenters. The van der Waals surface area contributed by atoms with Gasteiger partial charge in [0.25, 0.3) is 17.7 Å². The van der Waals surface area contributed by atoms with Gasteiger partial charge in [0, 0.05) is 18.0 Å². The largest absolute Gasteiger partial charge is 0.340 e. The van der Waals surface area contributed by atoms with Crippen molar-refractivity contribution in [1.29, 1.82) is 0 Å². The van der Waals surface area contributed by atoms with E-state index in [4.69, 9.17) is 0 Å². The van der Waals surface area contributed by atoms with Crippen LogP contribution in [-0.2, 0) is 4.79 Å². The van der Waals surface area contributed by atoms with Crippen LogP contribution in [0.15, 0.2) is 79.1 Å². The Kier molecular flexibility index (Phi) is 7.89. The number of para-hydroxylation sites is 1. The molecule has 2 aromatic carbocycles. The summed E-state index contributed by atoms with van der Waals surface area (Å²) in [4.78, 5) is 37.9. The molecule has 0 fully saturated rings. The molecule has 1 aromatic heterocycles. The minimum atomic E-state index is -0.778. The van der Waals surface area contributed by atoms with E-state index >= 15 is 0 Å². The first-order valence-corrected chi connectivity index (χ1v) is 11.2.